The van der Waals surface area contributed by atoms with Crippen LogP contribution in [0.2, 0.25) is 0 Å². The smallest absolute Gasteiger partial charge is 0.251 e. The van der Waals surface area contributed by atoms with Gasteiger partial charge in [0.15, 0.2) is 5.65 Å². The van der Waals surface area contributed by atoms with Crippen molar-refractivity contribution < 1.29 is 10.0 Å². The number of carbonyl (C=O) groups is 1. The summed E-state index contributed by atoms with van der Waals surface area (Å²) in [5.41, 5.74) is 4.20. The van der Waals surface area contributed by atoms with E-state index in [-0.39, 0.29) is 5.92 Å². The summed E-state index contributed by atoms with van der Waals surface area (Å²) >= 11 is 0. The van der Waals surface area contributed by atoms with Crippen molar-refractivity contribution in [3.05, 3.63) is 42.4 Å². The Morgan fingerprint density at radius 3 is 2.58 bits per heavy atom. The first kappa shape index (κ1) is 17.8. The molecule has 0 aliphatic heterocycles. The van der Waals surface area contributed by atoms with Crippen LogP contribution in [0.15, 0.2) is 36.8 Å². The maximum absolute atomic E-state index is 11.9. The largest absolute Gasteiger partial charge is 0.340 e. The van der Waals surface area contributed by atoms with Gasteiger partial charge in [0.05, 0.1) is 17.5 Å². The van der Waals surface area contributed by atoms with Gasteiger partial charge in [-0.25, -0.2) is 20.1 Å². The molecular formula is C18H22N6O2. The predicted octanol–water partition coefficient (Wildman–Crippen LogP) is 2.83. The fourth-order valence-electron chi connectivity index (χ4n) is 3.04. The van der Waals surface area contributed by atoms with Gasteiger partial charge in [0.2, 0.25) is 0 Å². The zero-order chi connectivity index (χ0) is 18.7. The van der Waals surface area contributed by atoms with Gasteiger partial charge in [-0.2, -0.15) is 5.10 Å². The van der Waals surface area contributed by atoms with Gasteiger partial charge in [-0.05, 0) is 30.5 Å². The van der Waals surface area contributed by atoms with Crippen LogP contribution in [0.4, 0.5) is 11.5 Å². The number of aromatic nitrogens is 4. The van der Waals surface area contributed by atoms with Crippen LogP contribution in [0.25, 0.3) is 11.0 Å². The first-order chi connectivity index (χ1) is 12.5. The van der Waals surface area contributed by atoms with E-state index in [2.05, 4.69) is 20.4 Å². The molecule has 0 fully saturated rings. The monoisotopic (exact) mass is 354 g/mol. The number of fused-ring (bicyclic) bond motifs is 1. The molecule has 2 aromatic heterocycles. The van der Waals surface area contributed by atoms with Crippen molar-refractivity contribution in [2.45, 2.75) is 33.2 Å². The van der Waals surface area contributed by atoms with E-state index < -0.39 is 11.8 Å². The number of nitrogens with one attached hydrogen (secondary N) is 2. The number of rotatable bonds is 6. The standard InChI is InChI=1S/C18H22N6O2/c1-4-24-17-14(9-21-24)16(19-10-20-17)22-13-7-5-12(6-8-13)15(11(2)3)18(25)23-26/h5-11,15,26H,4H2,1-3H3,(H,23,25)(H,19,20,22). The molecule has 8 heteroatoms. The molecule has 1 unspecified atom stereocenters. The summed E-state index contributed by atoms with van der Waals surface area (Å²) in [4.78, 5) is 20.5. The lowest BCUT2D eigenvalue weighted by atomic mass is 9.88. The summed E-state index contributed by atoms with van der Waals surface area (Å²) in [5.74, 6) is -0.0916. The van der Waals surface area contributed by atoms with E-state index in [4.69, 9.17) is 5.21 Å². The highest BCUT2D eigenvalue weighted by Crippen LogP contribution is 2.27. The van der Waals surface area contributed by atoms with Crippen molar-refractivity contribution in [2.24, 2.45) is 5.92 Å². The number of hydrogen-bond donors (Lipinski definition) is 3. The Kier molecular flexibility index (Phi) is 5.13. The molecule has 1 amide bonds. The maximum Gasteiger partial charge on any atom is 0.251 e. The second-order valence-electron chi connectivity index (χ2n) is 6.36. The van der Waals surface area contributed by atoms with E-state index in [1.165, 1.54) is 6.33 Å². The predicted molar refractivity (Wildman–Crippen MR) is 98.2 cm³/mol. The van der Waals surface area contributed by atoms with Gasteiger partial charge in [-0.15, -0.1) is 0 Å². The molecule has 3 rings (SSSR count). The minimum Gasteiger partial charge on any atom is -0.340 e. The number of hydroxylamine groups is 1. The van der Waals surface area contributed by atoms with Crippen LogP contribution in [0.3, 0.4) is 0 Å². The van der Waals surface area contributed by atoms with E-state index in [0.29, 0.717) is 5.82 Å². The average molecular weight is 354 g/mol. The highest BCUT2D eigenvalue weighted by Gasteiger charge is 2.23. The fourth-order valence-corrected chi connectivity index (χ4v) is 3.04. The first-order valence-electron chi connectivity index (χ1n) is 8.52. The minimum absolute atomic E-state index is 0.0577. The van der Waals surface area contributed by atoms with Gasteiger partial charge >= 0.3 is 0 Å². The van der Waals surface area contributed by atoms with Crippen molar-refractivity contribution in [3.8, 4) is 0 Å². The molecule has 1 atom stereocenters. The summed E-state index contributed by atoms with van der Waals surface area (Å²) < 4.78 is 1.81. The van der Waals surface area contributed by atoms with Crippen LogP contribution >= 0.6 is 0 Å². The third-order valence-corrected chi connectivity index (χ3v) is 4.32. The van der Waals surface area contributed by atoms with Crippen molar-refractivity contribution >= 4 is 28.4 Å². The number of aryl methyl sites for hydroxylation is 1. The van der Waals surface area contributed by atoms with E-state index >= 15 is 0 Å². The van der Waals surface area contributed by atoms with E-state index in [1.807, 2.05) is 49.7 Å². The second-order valence-corrected chi connectivity index (χ2v) is 6.36. The van der Waals surface area contributed by atoms with Crippen molar-refractivity contribution in [3.63, 3.8) is 0 Å². The van der Waals surface area contributed by atoms with Crippen LogP contribution in [-0.4, -0.2) is 30.9 Å². The molecule has 136 valence electrons. The molecule has 8 nitrogen and oxygen atoms in total. The Balaban J connectivity index is 1.86. The normalized spacial score (nSPS) is 12.3. The molecule has 0 bridgehead atoms. The lowest BCUT2D eigenvalue weighted by Gasteiger charge is -2.19. The zero-order valence-electron chi connectivity index (χ0n) is 15.0. The Bertz CT molecular complexity index is 904. The number of benzene rings is 1. The van der Waals surface area contributed by atoms with Crippen LogP contribution < -0.4 is 10.8 Å². The molecule has 0 spiro atoms. The van der Waals surface area contributed by atoms with Gasteiger partial charge in [-0.1, -0.05) is 26.0 Å². The quantitative estimate of drug-likeness (QED) is 0.464. The van der Waals surface area contributed by atoms with Crippen LogP contribution in [0, 0.1) is 5.92 Å². The maximum atomic E-state index is 11.9. The molecule has 0 aliphatic carbocycles. The Labute approximate surface area is 151 Å². The number of amides is 1. The van der Waals surface area contributed by atoms with Gasteiger partial charge in [-0.3, -0.25) is 10.0 Å². The summed E-state index contributed by atoms with van der Waals surface area (Å²) in [5, 5.41) is 17.4. The topological polar surface area (TPSA) is 105 Å². The lowest BCUT2D eigenvalue weighted by Crippen LogP contribution is -2.29. The van der Waals surface area contributed by atoms with Crippen molar-refractivity contribution in [2.75, 3.05) is 5.32 Å². The van der Waals surface area contributed by atoms with Crippen LogP contribution in [0.1, 0.15) is 32.3 Å². The van der Waals surface area contributed by atoms with Gasteiger partial charge in [0.25, 0.3) is 5.91 Å². The second kappa shape index (κ2) is 7.49. The Morgan fingerprint density at radius 2 is 1.96 bits per heavy atom. The van der Waals surface area contributed by atoms with Crippen molar-refractivity contribution in [1.82, 2.24) is 25.2 Å². The molecule has 0 saturated heterocycles. The average Bonchev–Trinajstić information content (AvgIpc) is 3.07. The highest BCUT2D eigenvalue weighted by molar-refractivity contribution is 5.88. The molecule has 1 aromatic carbocycles. The Morgan fingerprint density at radius 1 is 1.23 bits per heavy atom. The summed E-state index contributed by atoms with van der Waals surface area (Å²) in [6.07, 6.45) is 3.25. The number of carbonyl (C=O) groups excluding carboxylic acids is 1. The van der Waals surface area contributed by atoms with E-state index in [0.717, 1.165) is 28.8 Å². The number of hydrogen-bond acceptors (Lipinski definition) is 6. The molecule has 0 aliphatic rings. The van der Waals surface area contributed by atoms with E-state index in [1.54, 1.807) is 11.7 Å². The molecule has 2 heterocycles. The highest BCUT2D eigenvalue weighted by atomic mass is 16.5. The van der Waals surface area contributed by atoms with E-state index in [9.17, 15) is 4.79 Å². The summed E-state index contributed by atoms with van der Waals surface area (Å²) in [7, 11) is 0. The number of anilines is 2. The SMILES string of the molecule is CCn1ncc2c(Nc3ccc(C(C(=O)NO)C(C)C)cc3)ncnc21. The minimum atomic E-state index is -0.414. The lowest BCUT2D eigenvalue weighted by molar-refractivity contribution is -0.131. The Hall–Kier alpha value is -3.00. The fraction of sp³-hybridized carbons (Fsp3) is 0.333. The summed E-state index contributed by atoms with van der Waals surface area (Å²) in [6, 6.07) is 7.51. The van der Waals surface area contributed by atoms with Crippen LogP contribution in [0.5, 0.6) is 0 Å². The first-order valence-corrected chi connectivity index (χ1v) is 8.52. The van der Waals surface area contributed by atoms with Crippen molar-refractivity contribution in [1.29, 1.82) is 0 Å². The summed E-state index contributed by atoms with van der Waals surface area (Å²) in [6.45, 7) is 6.62. The van der Waals surface area contributed by atoms with Gasteiger partial charge in [0, 0.05) is 12.2 Å². The van der Waals surface area contributed by atoms with Crippen LogP contribution in [-0.2, 0) is 11.3 Å². The third kappa shape index (κ3) is 3.36. The van der Waals surface area contributed by atoms with Gasteiger partial charge in [0.1, 0.15) is 12.1 Å². The molecule has 26 heavy (non-hydrogen) atoms. The molecule has 0 radical (unpaired) electrons. The molecular weight excluding hydrogens is 332 g/mol. The third-order valence-electron chi connectivity index (χ3n) is 4.32. The molecule has 0 saturated carbocycles. The number of nitrogens with zero attached hydrogens (tertiary/aromatic N) is 4. The zero-order valence-corrected chi connectivity index (χ0v) is 15.0. The molecule has 3 N–H and O–H groups in total. The molecule has 3 aromatic rings. The van der Waals surface area contributed by atoms with Gasteiger partial charge < -0.3 is 5.32 Å².